The van der Waals surface area contributed by atoms with Gasteiger partial charge in [0.25, 0.3) is 11.8 Å². The summed E-state index contributed by atoms with van der Waals surface area (Å²) >= 11 is 0. The number of amides is 2. The van der Waals surface area contributed by atoms with Crippen LogP contribution in [0.5, 0.6) is 0 Å². The van der Waals surface area contributed by atoms with Crippen LogP contribution in [0.4, 0.5) is 0 Å². The second kappa shape index (κ2) is 7.80. The highest BCUT2D eigenvalue weighted by Gasteiger charge is 2.28. The van der Waals surface area contributed by atoms with Crippen molar-refractivity contribution in [1.82, 2.24) is 15.2 Å². The Morgan fingerprint density at radius 2 is 1.52 bits per heavy atom. The molecule has 2 heterocycles. The van der Waals surface area contributed by atoms with E-state index in [0.717, 1.165) is 11.1 Å². The first-order valence-corrected chi connectivity index (χ1v) is 10.4. The zero-order valence-corrected chi connectivity index (χ0v) is 16.9. The van der Waals surface area contributed by atoms with Gasteiger partial charge in [-0.25, -0.2) is 0 Å². The van der Waals surface area contributed by atoms with Gasteiger partial charge in [-0.3, -0.25) is 19.4 Å². The molecule has 6 heteroatoms. The molecule has 1 N–H and O–H groups in total. The van der Waals surface area contributed by atoms with Crippen molar-refractivity contribution in [3.8, 4) is 11.1 Å². The van der Waals surface area contributed by atoms with E-state index in [1.165, 1.54) is 0 Å². The van der Waals surface area contributed by atoms with Crippen LogP contribution in [0.25, 0.3) is 11.1 Å². The Morgan fingerprint density at radius 1 is 0.839 bits per heavy atom. The van der Waals surface area contributed by atoms with Crippen LogP contribution >= 0.6 is 0 Å². The van der Waals surface area contributed by atoms with Gasteiger partial charge >= 0.3 is 0 Å². The Kier molecular flexibility index (Phi) is 4.82. The summed E-state index contributed by atoms with van der Waals surface area (Å²) < 4.78 is 0. The van der Waals surface area contributed by atoms with Gasteiger partial charge in [-0.1, -0.05) is 30.3 Å². The summed E-state index contributed by atoms with van der Waals surface area (Å²) in [5, 5.41) is 3.06. The minimum atomic E-state index is -0.189. The second-order valence-corrected chi connectivity index (χ2v) is 7.91. The Morgan fingerprint density at radius 3 is 2.26 bits per heavy atom. The molecule has 0 saturated carbocycles. The molecular weight excluding hydrogens is 390 g/mol. The first-order chi connectivity index (χ1) is 15.1. The number of nitrogens with one attached hydrogen (secondary N) is 1. The van der Waals surface area contributed by atoms with E-state index in [2.05, 4.69) is 10.3 Å². The number of piperidine rings is 1. The molecule has 2 amide bonds. The Bertz CT molecular complexity index is 1180. The van der Waals surface area contributed by atoms with E-state index < -0.39 is 0 Å². The van der Waals surface area contributed by atoms with Crippen molar-refractivity contribution in [2.24, 2.45) is 0 Å². The van der Waals surface area contributed by atoms with E-state index in [1.54, 1.807) is 36.7 Å². The number of hydrogen-bond acceptors (Lipinski definition) is 4. The standard InChI is InChI=1S/C25H21N3O3/c29-23-21-4-2-1-3-19(21)20-6-5-17(15-22(20)23)24(30)27-18-9-13-28(14-10-18)25(31)16-7-11-26-12-8-16/h1-8,11-12,15,18H,9-10,13-14H2,(H,27,30). The fourth-order valence-electron chi connectivity index (χ4n) is 4.34. The predicted octanol–water partition coefficient (Wildman–Crippen LogP) is 3.33. The number of benzene rings is 2. The van der Waals surface area contributed by atoms with Crippen LogP contribution in [0.15, 0.2) is 67.0 Å². The van der Waals surface area contributed by atoms with Gasteiger partial charge in [-0.05, 0) is 48.2 Å². The second-order valence-electron chi connectivity index (χ2n) is 7.91. The third kappa shape index (κ3) is 3.50. The monoisotopic (exact) mass is 411 g/mol. The normalized spacial score (nSPS) is 15.4. The first-order valence-electron chi connectivity index (χ1n) is 10.4. The predicted molar refractivity (Wildman–Crippen MR) is 116 cm³/mol. The number of ketones is 1. The highest BCUT2D eigenvalue weighted by atomic mass is 16.2. The average Bonchev–Trinajstić information content (AvgIpc) is 3.11. The summed E-state index contributed by atoms with van der Waals surface area (Å²) in [6.45, 7) is 1.17. The van der Waals surface area contributed by atoms with Crippen molar-refractivity contribution in [2.45, 2.75) is 18.9 Å². The lowest BCUT2D eigenvalue weighted by Crippen LogP contribution is -2.46. The van der Waals surface area contributed by atoms with Crippen LogP contribution in [-0.4, -0.2) is 46.6 Å². The molecule has 31 heavy (non-hydrogen) atoms. The molecule has 0 bridgehead atoms. The van der Waals surface area contributed by atoms with Crippen LogP contribution in [0.3, 0.4) is 0 Å². The Labute approximate surface area is 179 Å². The van der Waals surface area contributed by atoms with Gasteiger partial charge in [0.1, 0.15) is 0 Å². The highest BCUT2D eigenvalue weighted by molar-refractivity contribution is 6.22. The molecule has 0 unspecified atom stereocenters. The van der Waals surface area contributed by atoms with Crippen LogP contribution in [0, 0.1) is 0 Å². The highest BCUT2D eigenvalue weighted by Crippen LogP contribution is 2.36. The Hall–Kier alpha value is -3.80. The summed E-state index contributed by atoms with van der Waals surface area (Å²) in [7, 11) is 0. The molecule has 1 aliphatic heterocycles. The van der Waals surface area contributed by atoms with Gasteiger partial charge in [0.2, 0.25) is 0 Å². The number of likely N-dealkylation sites (tertiary alicyclic amines) is 1. The number of aromatic nitrogens is 1. The lowest BCUT2D eigenvalue weighted by molar-refractivity contribution is 0.0698. The molecule has 1 saturated heterocycles. The first kappa shape index (κ1) is 19.2. The molecule has 2 aromatic carbocycles. The van der Waals surface area contributed by atoms with Gasteiger partial charge in [0, 0.05) is 53.8 Å². The fraction of sp³-hybridized carbons (Fsp3) is 0.200. The fourth-order valence-corrected chi connectivity index (χ4v) is 4.34. The zero-order valence-electron chi connectivity index (χ0n) is 16.9. The molecule has 5 rings (SSSR count). The summed E-state index contributed by atoms with van der Waals surface area (Å²) in [6, 6.07) is 16.2. The number of hydrogen-bond donors (Lipinski definition) is 1. The summed E-state index contributed by atoms with van der Waals surface area (Å²) in [5.74, 6) is -0.238. The number of carbonyl (C=O) groups is 3. The molecule has 3 aromatic rings. The van der Waals surface area contributed by atoms with E-state index in [0.29, 0.717) is 48.2 Å². The smallest absolute Gasteiger partial charge is 0.253 e. The maximum absolute atomic E-state index is 12.8. The van der Waals surface area contributed by atoms with Gasteiger partial charge in [-0.2, -0.15) is 0 Å². The van der Waals surface area contributed by atoms with E-state index in [9.17, 15) is 14.4 Å². The summed E-state index contributed by atoms with van der Waals surface area (Å²) in [5.41, 5.74) is 4.16. The third-order valence-electron chi connectivity index (χ3n) is 6.03. The SMILES string of the molecule is O=C(NC1CCN(C(=O)c2ccncc2)CC1)c1ccc2c(c1)C(=O)c1ccccc1-2. The number of fused-ring (bicyclic) bond motifs is 3. The summed E-state index contributed by atoms with van der Waals surface area (Å²) in [4.78, 5) is 43.8. The minimum absolute atomic E-state index is 0.00450. The minimum Gasteiger partial charge on any atom is -0.349 e. The van der Waals surface area contributed by atoms with Crippen LogP contribution in [0.1, 0.15) is 49.5 Å². The van der Waals surface area contributed by atoms with Crippen LogP contribution < -0.4 is 5.32 Å². The van der Waals surface area contributed by atoms with Crippen molar-refractivity contribution >= 4 is 17.6 Å². The van der Waals surface area contributed by atoms with E-state index in [4.69, 9.17) is 0 Å². The van der Waals surface area contributed by atoms with E-state index >= 15 is 0 Å². The maximum atomic E-state index is 12.8. The molecular formula is C25H21N3O3. The number of pyridine rings is 1. The summed E-state index contributed by atoms with van der Waals surface area (Å²) in [6.07, 6.45) is 4.61. The zero-order chi connectivity index (χ0) is 21.4. The topological polar surface area (TPSA) is 79.4 Å². The number of nitrogens with zero attached hydrogens (tertiary/aromatic N) is 2. The van der Waals surface area contributed by atoms with Crippen molar-refractivity contribution in [1.29, 1.82) is 0 Å². The molecule has 1 aliphatic carbocycles. The molecule has 0 spiro atoms. The molecule has 2 aliphatic rings. The van der Waals surface area contributed by atoms with Crippen molar-refractivity contribution in [3.05, 3.63) is 89.2 Å². The largest absolute Gasteiger partial charge is 0.349 e. The maximum Gasteiger partial charge on any atom is 0.253 e. The van der Waals surface area contributed by atoms with Gasteiger partial charge in [-0.15, -0.1) is 0 Å². The average molecular weight is 411 g/mol. The molecule has 1 fully saturated rings. The third-order valence-corrected chi connectivity index (χ3v) is 6.03. The molecule has 154 valence electrons. The van der Waals surface area contributed by atoms with Crippen molar-refractivity contribution in [2.75, 3.05) is 13.1 Å². The van der Waals surface area contributed by atoms with Gasteiger partial charge in [0.15, 0.2) is 5.78 Å². The number of rotatable bonds is 3. The van der Waals surface area contributed by atoms with Gasteiger partial charge in [0.05, 0.1) is 0 Å². The molecule has 1 aromatic heterocycles. The molecule has 6 nitrogen and oxygen atoms in total. The lowest BCUT2D eigenvalue weighted by atomic mass is 10.0. The lowest BCUT2D eigenvalue weighted by Gasteiger charge is -2.32. The quantitative estimate of drug-likeness (QED) is 0.561. The van der Waals surface area contributed by atoms with Crippen LogP contribution in [-0.2, 0) is 0 Å². The van der Waals surface area contributed by atoms with Crippen molar-refractivity contribution < 1.29 is 14.4 Å². The molecule has 0 radical (unpaired) electrons. The Balaban J connectivity index is 1.23. The van der Waals surface area contributed by atoms with Crippen molar-refractivity contribution in [3.63, 3.8) is 0 Å². The van der Waals surface area contributed by atoms with E-state index in [-0.39, 0.29) is 23.6 Å². The van der Waals surface area contributed by atoms with E-state index in [1.807, 2.05) is 35.2 Å². The number of carbonyl (C=O) groups excluding carboxylic acids is 3. The van der Waals surface area contributed by atoms with Gasteiger partial charge < -0.3 is 10.2 Å². The molecule has 0 atom stereocenters. The van der Waals surface area contributed by atoms with Crippen LogP contribution in [0.2, 0.25) is 0 Å².